The van der Waals surface area contributed by atoms with Crippen molar-refractivity contribution in [2.45, 2.75) is 214 Å². The third-order valence-corrected chi connectivity index (χ3v) is 27.3. The number of carbonyl (C=O) groups excluding carboxylic acids is 3. The van der Waals surface area contributed by atoms with Crippen LogP contribution in [0.15, 0.2) is 83.2 Å². The molecular formula is C88H108BCl10FN20NaO19S3. The molecule has 773 valence electrons. The molecule has 143 heavy (non-hydrogen) atoms. The number of amides is 4. The van der Waals surface area contributed by atoms with Gasteiger partial charge in [-0.3, -0.25) is 34.5 Å². The number of carbonyl (C=O) groups is 3. The number of H-pyrrole nitrogens is 2. The quantitative estimate of drug-likeness (QED) is 0.00951. The Balaban J connectivity index is 0.000000368. The Kier molecular flexibility index (Phi) is 51.1. The van der Waals surface area contributed by atoms with Crippen molar-refractivity contribution in [3.05, 3.63) is 204 Å². The van der Waals surface area contributed by atoms with E-state index in [1.54, 1.807) is 60.8 Å². The normalized spacial score (nSPS) is 11.4. The summed E-state index contributed by atoms with van der Waals surface area (Å²) in [6, 6.07) is 10.3. The SMILES string of the molecule is CCCS(=O)(=O)c1nc(C(C)C)c(-n2c(=O)[nH]c(=O)c3cc(Cl)c(Cl)nc32)c(C(C)C)n1.CCCS(=O)(=O)c1nc(C(C)C)c(N)c(C(C)C)n1.CCCS(=O)(=O)c1nc(C(C)C)c(NC(=O)NC(=O)c2cc(Cl)c(Cl)nc2Cl)c(C(C)C)n1.COCCOc1nc(C(C)C)c(-n2c(=O)[nH]c(=O)c3cc(Cl)c(Cl)nc32)c(C(C)C)n1.COCC[O-].NC(=O)c1cc(Cl)c(Cl)nc1Cl.O[B]Oc1ccccc1F.[Na+]. The molecule has 0 aliphatic carbocycles. The van der Waals surface area contributed by atoms with E-state index in [0.717, 1.165) is 0 Å². The summed E-state index contributed by atoms with van der Waals surface area (Å²) in [5.74, 6) is -3.28. The number of methoxy groups -OCH3 is 2. The van der Waals surface area contributed by atoms with Crippen molar-refractivity contribution < 1.29 is 103 Å². The Morgan fingerprint density at radius 2 is 0.804 bits per heavy atom. The Morgan fingerprint density at radius 3 is 1.13 bits per heavy atom. The van der Waals surface area contributed by atoms with Crippen molar-refractivity contribution >= 4 is 204 Å². The number of nitrogens with two attached hydrogens (primary N) is 2. The van der Waals surface area contributed by atoms with Crippen molar-refractivity contribution in [2.24, 2.45) is 5.73 Å². The minimum Gasteiger partial charge on any atom is -0.853 e. The maximum Gasteiger partial charge on any atom is 1.00 e. The molecule has 0 saturated heterocycles. The topological polar surface area (TPSA) is 574 Å². The van der Waals surface area contributed by atoms with Crippen LogP contribution in [-0.4, -0.2) is 193 Å². The Labute approximate surface area is 898 Å². The van der Waals surface area contributed by atoms with Crippen LogP contribution in [0, 0.1) is 5.82 Å². The number of nitrogen functional groups attached to an aromatic ring is 1. The molecule has 10 aromatic heterocycles. The molecule has 0 unspecified atom stereocenters. The van der Waals surface area contributed by atoms with Crippen molar-refractivity contribution in [2.75, 3.05) is 69.0 Å². The number of ether oxygens (including phenoxy) is 3. The Morgan fingerprint density at radius 1 is 0.476 bits per heavy atom. The van der Waals surface area contributed by atoms with E-state index in [4.69, 9.17) is 142 Å². The number of fused-ring (bicyclic) bond motifs is 2. The van der Waals surface area contributed by atoms with Crippen molar-refractivity contribution in [1.82, 2.24) is 84.2 Å². The molecule has 4 amide bonds. The molecule has 11 rings (SSSR count). The molecule has 0 saturated carbocycles. The summed E-state index contributed by atoms with van der Waals surface area (Å²) in [5, 5.41) is 21.7. The number of halogens is 11. The van der Waals surface area contributed by atoms with Crippen LogP contribution in [0.2, 0.25) is 51.0 Å². The zero-order chi connectivity index (χ0) is 108. The number of nitrogens with zero attached hydrogens (tertiary/aromatic N) is 14. The first kappa shape index (κ1) is 127. The third-order valence-electron chi connectivity index (χ3n) is 19.0. The van der Waals surface area contributed by atoms with E-state index >= 15 is 0 Å². The average molecular weight is 2250 g/mol. The summed E-state index contributed by atoms with van der Waals surface area (Å²) in [6.07, 6.45) is 1.37. The molecule has 1 radical (unpaired) electrons. The largest absolute Gasteiger partial charge is 1.00 e. The maximum absolute atomic E-state index is 13.0. The summed E-state index contributed by atoms with van der Waals surface area (Å²) < 4.78 is 109. The number of pyridine rings is 4. The number of sulfone groups is 3. The molecule has 0 bridgehead atoms. The fourth-order valence-corrected chi connectivity index (χ4v) is 17.7. The number of primary amides is 1. The minimum absolute atomic E-state index is 0. The van der Waals surface area contributed by atoms with Crippen LogP contribution in [0.3, 0.4) is 0 Å². The van der Waals surface area contributed by atoms with Gasteiger partial charge in [-0.25, -0.2) is 103 Å². The van der Waals surface area contributed by atoms with Gasteiger partial charge in [0.2, 0.25) is 45.0 Å². The maximum atomic E-state index is 13.0. The monoisotopic (exact) mass is 2250 g/mol. The van der Waals surface area contributed by atoms with Gasteiger partial charge in [0.1, 0.15) is 43.3 Å². The number of hydrogen-bond acceptors (Lipinski definition) is 32. The summed E-state index contributed by atoms with van der Waals surface area (Å²) in [6.45, 7) is 36.2. The first-order valence-electron chi connectivity index (χ1n) is 43.5. The molecule has 0 spiro atoms. The number of anilines is 2. The number of aromatic amines is 2. The van der Waals surface area contributed by atoms with Gasteiger partial charge in [0, 0.05) is 20.8 Å². The molecule has 0 aliphatic heterocycles. The molecule has 9 N–H and O–H groups in total. The summed E-state index contributed by atoms with van der Waals surface area (Å²) in [4.78, 5) is 142. The van der Waals surface area contributed by atoms with E-state index in [1.807, 2.05) is 90.0 Å². The van der Waals surface area contributed by atoms with Crippen LogP contribution in [0.4, 0.5) is 20.6 Å². The third kappa shape index (κ3) is 34.5. The average Bonchev–Trinajstić information content (AvgIpc) is 0.747. The van der Waals surface area contributed by atoms with Crippen LogP contribution in [0.25, 0.3) is 33.4 Å². The van der Waals surface area contributed by atoms with E-state index < -0.39 is 75.7 Å². The summed E-state index contributed by atoms with van der Waals surface area (Å²) in [7, 11) is -7.29. The van der Waals surface area contributed by atoms with E-state index in [9.17, 15) is 68.3 Å². The second-order valence-electron chi connectivity index (χ2n) is 32.9. The van der Waals surface area contributed by atoms with Crippen LogP contribution in [0.1, 0.15) is 264 Å². The standard InChI is InChI=1S/C20H24Cl3N5O4S.C20H23Cl2N5O4S.C20H23Cl2N5O4.C13H23N3O2S.C6H5BFO2.C6H3Cl3N2O.C3H7O2.Na/c1-6-7-33(31,32)20-25-13(9(2)3)15(14(26-20)10(4)5)24-19(30)28-18(29)11-8-12(21)17(23)27-16(11)22;1-6-7-32(30,31)19-23-13(9(2)3)15(14(24-19)10(4)5)27-17-11(18(28)26-20(27)29)8-12(21)16(22)25-17;1-9(2)13-15(14(10(3)4)24-19(23-13)31-7-6-30-5)27-17-11(18(28)26-20(27)29)8-12(21)16(22)25-17;1-6-7-19(17,18)13-15-11(8(2)3)10(14)12(16-13)9(4)5;8-5-3-1-2-4-6(5)10-7-9;7-3-1-2(6(10)12)4(8)11-5(3)9;1-5-3-2-4;/h8-10H,6-7H2,1-5H3,(H2,24,28,29,30);8-10H,6-7H2,1-5H3,(H,26,28,29);8-10H,6-7H2,1-5H3,(H,26,28,29);8-9H,6-7,14H2,1-5H3;1-4,9H;1H,(H2,10,12);2-3H2,1H3;/q;;;;;;-1;+1. The predicted octanol–water partition coefficient (Wildman–Crippen LogP) is 13.6. The molecule has 0 atom stereocenters. The fourth-order valence-electron chi connectivity index (χ4n) is 12.4. The summed E-state index contributed by atoms with van der Waals surface area (Å²) in [5.41, 5.74) is 13.4. The first-order chi connectivity index (χ1) is 66.3. The number of urea groups is 1. The van der Waals surface area contributed by atoms with E-state index in [0.29, 0.717) is 97.1 Å². The van der Waals surface area contributed by atoms with Gasteiger partial charge < -0.3 is 45.8 Å². The van der Waals surface area contributed by atoms with Gasteiger partial charge in [-0.05, 0) is 103 Å². The van der Waals surface area contributed by atoms with Crippen LogP contribution in [0.5, 0.6) is 11.8 Å². The van der Waals surface area contributed by atoms with Gasteiger partial charge in [0.25, 0.3) is 22.9 Å². The molecule has 39 nitrogen and oxygen atoms in total. The van der Waals surface area contributed by atoms with Gasteiger partial charge >= 0.3 is 60.7 Å². The minimum atomic E-state index is -3.71. The Bertz CT molecular complexity index is 6890. The van der Waals surface area contributed by atoms with Gasteiger partial charge in [-0.15, -0.1) is 6.61 Å². The second kappa shape index (κ2) is 57.7. The number of para-hydroxylation sites is 1. The Hall–Kier alpha value is -8.59. The zero-order valence-electron chi connectivity index (χ0n) is 82.0. The first-order valence-corrected chi connectivity index (χ1v) is 52.2. The predicted molar refractivity (Wildman–Crippen MR) is 548 cm³/mol. The van der Waals surface area contributed by atoms with Crippen LogP contribution in [-0.2, 0) is 39.0 Å². The van der Waals surface area contributed by atoms with E-state index in [2.05, 4.69) is 89.8 Å². The van der Waals surface area contributed by atoms with Gasteiger partial charge in [-0.2, -0.15) is 9.97 Å². The molecule has 11 aromatic rings. The smallest absolute Gasteiger partial charge is 0.853 e. The fraction of sp³-hybridized carbons (Fsp3) is 0.443. The van der Waals surface area contributed by atoms with Crippen LogP contribution >= 0.6 is 116 Å². The van der Waals surface area contributed by atoms with Gasteiger partial charge in [0.05, 0.1) is 134 Å². The zero-order valence-corrected chi connectivity index (χ0v) is 94.0. The molecule has 1 aromatic carbocycles. The van der Waals surface area contributed by atoms with E-state index in [-0.39, 0.29) is 230 Å². The number of aromatic nitrogens is 16. The number of rotatable bonds is 30. The molecule has 0 aliphatic rings. The van der Waals surface area contributed by atoms with E-state index in [1.165, 1.54) is 52.6 Å². The van der Waals surface area contributed by atoms with Crippen molar-refractivity contribution in [1.29, 1.82) is 0 Å². The molecule has 10 heterocycles. The number of hydrogen-bond donors (Lipinski definition) is 7. The molecule has 55 heteroatoms. The van der Waals surface area contributed by atoms with Gasteiger partial charge in [0.15, 0.2) is 17.1 Å². The molecule has 0 fully saturated rings. The number of imide groups is 1. The van der Waals surface area contributed by atoms with Crippen molar-refractivity contribution in [3.63, 3.8) is 0 Å². The summed E-state index contributed by atoms with van der Waals surface area (Å²) >= 11 is 58.5. The van der Waals surface area contributed by atoms with Gasteiger partial charge in [-0.1, -0.05) is 260 Å². The van der Waals surface area contributed by atoms with Crippen molar-refractivity contribution in [3.8, 4) is 23.1 Å². The number of nitrogens with one attached hydrogen (secondary N) is 4. The second-order valence-corrected chi connectivity index (χ2v) is 42.7. The van der Waals surface area contributed by atoms with Crippen LogP contribution < -0.4 is 88.7 Å². The number of benzene rings is 1. The molecular weight excluding hydrogens is 2140 g/mol.